The van der Waals surface area contributed by atoms with Crippen molar-refractivity contribution in [3.05, 3.63) is 45.9 Å². The van der Waals surface area contributed by atoms with Gasteiger partial charge in [0.1, 0.15) is 5.01 Å². The van der Waals surface area contributed by atoms with E-state index in [0.717, 1.165) is 22.0 Å². The van der Waals surface area contributed by atoms with Crippen molar-refractivity contribution in [1.82, 2.24) is 4.98 Å². The number of hydrogen-bond donors (Lipinski definition) is 1. The Bertz CT molecular complexity index is 586. The number of hydrogen-bond acceptors (Lipinski definition) is 4. The van der Waals surface area contributed by atoms with Crippen molar-refractivity contribution >= 4 is 34.5 Å². The van der Waals surface area contributed by atoms with Crippen molar-refractivity contribution < 1.29 is 9.53 Å². The Morgan fingerprint density at radius 1 is 1.50 bits per heavy atom. The van der Waals surface area contributed by atoms with E-state index in [0.29, 0.717) is 12.5 Å². The monoisotopic (exact) mass is 310 g/mol. The summed E-state index contributed by atoms with van der Waals surface area (Å²) in [5.41, 5.74) is 2.59. The van der Waals surface area contributed by atoms with Crippen LogP contribution < -0.4 is 5.32 Å². The highest BCUT2D eigenvalue weighted by Gasteiger charge is 2.08. The van der Waals surface area contributed by atoms with Crippen LogP contribution in [0.25, 0.3) is 0 Å². The second-order valence-corrected chi connectivity index (χ2v) is 5.43. The van der Waals surface area contributed by atoms with Crippen molar-refractivity contribution in [2.75, 3.05) is 12.4 Å². The smallest absolute Gasteiger partial charge is 0.231 e. The quantitative estimate of drug-likeness (QED) is 0.834. The third kappa shape index (κ3) is 4.30. The molecule has 2 aromatic rings. The van der Waals surface area contributed by atoms with Crippen LogP contribution >= 0.6 is 22.9 Å². The summed E-state index contributed by atoms with van der Waals surface area (Å²) in [5, 5.41) is 5.50. The molecule has 2 rings (SSSR count). The lowest BCUT2D eigenvalue weighted by atomic mass is 10.2. The van der Waals surface area contributed by atoms with Gasteiger partial charge in [0.15, 0.2) is 0 Å². The average molecular weight is 311 g/mol. The number of halogens is 1. The van der Waals surface area contributed by atoms with Crippen molar-refractivity contribution in [3.8, 4) is 0 Å². The molecular formula is C14H15ClN2O2S. The molecule has 0 saturated heterocycles. The van der Waals surface area contributed by atoms with Gasteiger partial charge < -0.3 is 10.1 Å². The van der Waals surface area contributed by atoms with Crippen LogP contribution in [-0.4, -0.2) is 18.0 Å². The van der Waals surface area contributed by atoms with Crippen LogP contribution in [0.2, 0.25) is 0 Å². The van der Waals surface area contributed by atoms with Gasteiger partial charge in [0.25, 0.3) is 0 Å². The number of aromatic nitrogens is 1. The highest BCUT2D eigenvalue weighted by atomic mass is 35.5. The Hall–Kier alpha value is -1.43. The lowest BCUT2D eigenvalue weighted by Crippen LogP contribution is -2.14. The molecule has 0 aliphatic carbocycles. The van der Waals surface area contributed by atoms with Crippen molar-refractivity contribution in [3.63, 3.8) is 0 Å². The first-order valence-corrected chi connectivity index (χ1v) is 7.49. The molecule has 0 unspecified atom stereocenters. The second kappa shape index (κ2) is 7.38. The van der Waals surface area contributed by atoms with Crippen molar-refractivity contribution in [1.29, 1.82) is 0 Å². The fraction of sp³-hybridized carbons (Fsp3) is 0.286. The van der Waals surface area contributed by atoms with Gasteiger partial charge >= 0.3 is 0 Å². The molecule has 0 saturated carbocycles. The zero-order valence-electron chi connectivity index (χ0n) is 11.1. The molecule has 1 aromatic heterocycles. The summed E-state index contributed by atoms with van der Waals surface area (Å²) in [6, 6.07) is 7.59. The van der Waals surface area contributed by atoms with Gasteiger partial charge in [0.2, 0.25) is 5.91 Å². The zero-order chi connectivity index (χ0) is 14.4. The van der Waals surface area contributed by atoms with E-state index in [1.807, 2.05) is 29.6 Å². The van der Waals surface area contributed by atoms with Crippen LogP contribution in [0.15, 0.2) is 29.6 Å². The van der Waals surface area contributed by atoms with E-state index in [1.54, 1.807) is 7.11 Å². The second-order valence-electron chi connectivity index (χ2n) is 4.22. The van der Waals surface area contributed by atoms with E-state index in [9.17, 15) is 4.79 Å². The minimum Gasteiger partial charge on any atom is -0.380 e. The molecule has 1 amide bonds. The van der Waals surface area contributed by atoms with Gasteiger partial charge in [0.05, 0.1) is 24.6 Å². The fourth-order valence-electron chi connectivity index (χ4n) is 1.74. The van der Waals surface area contributed by atoms with E-state index in [-0.39, 0.29) is 12.3 Å². The highest BCUT2D eigenvalue weighted by molar-refractivity contribution is 7.09. The minimum absolute atomic E-state index is 0.0879. The molecule has 4 nitrogen and oxygen atoms in total. The van der Waals surface area contributed by atoms with Crippen LogP contribution in [-0.2, 0) is 28.4 Å². The summed E-state index contributed by atoms with van der Waals surface area (Å²) in [4.78, 5) is 16.2. The SMILES string of the molecule is COCc1cccc(NC(=O)Cc2nc(CCl)cs2)c1. The first kappa shape index (κ1) is 15.0. The maximum atomic E-state index is 11.9. The Morgan fingerprint density at radius 2 is 2.35 bits per heavy atom. The van der Waals surface area contributed by atoms with Gasteiger partial charge in [-0.1, -0.05) is 12.1 Å². The summed E-state index contributed by atoms with van der Waals surface area (Å²) in [6.45, 7) is 0.523. The first-order chi connectivity index (χ1) is 9.71. The number of nitrogens with zero attached hydrogens (tertiary/aromatic N) is 1. The highest BCUT2D eigenvalue weighted by Crippen LogP contribution is 2.15. The lowest BCUT2D eigenvalue weighted by Gasteiger charge is -2.06. The number of alkyl halides is 1. The van der Waals surface area contributed by atoms with Gasteiger partial charge in [-0.2, -0.15) is 0 Å². The molecular weight excluding hydrogens is 296 g/mol. The molecule has 0 atom stereocenters. The Kier molecular flexibility index (Phi) is 5.52. The summed E-state index contributed by atoms with van der Waals surface area (Å²) < 4.78 is 5.07. The zero-order valence-corrected chi connectivity index (χ0v) is 12.6. The van der Waals surface area contributed by atoms with Crippen LogP contribution in [0.5, 0.6) is 0 Å². The summed E-state index contributed by atoms with van der Waals surface area (Å²) >= 11 is 7.13. The number of benzene rings is 1. The fourth-order valence-corrected chi connectivity index (χ4v) is 2.76. The average Bonchev–Trinajstić information content (AvgIpc) is 2.87. The standard InChI is InChI=1S/C14H15ClN2O2S/c1-19-8-10-3-2-4-11(5-10)16-13(18)6-14-17-12(7-15)9-20-14/h2-5,9H,6-8H2,1H3,(H,16,18). The van der Waals surface area contributed by atoms with Crippen LogP contribution in [0, 0.1) is 0 Å². The number of anilines is 1. The maximum Gasteiger partial charge on any atom is 0.231 e. The molecule has 0 fully saturated rings. The van der Waals surface area contributed by atoms with E-state index in [2.05, 4.69) is 10.3 Å². The lowest BCUT2D eigenvalue weighted by molar-refractivity contribution is -0.115. The number of carbonyl (C=O) groups excluding carboxylic acids is 1. The third-order valence-electron chi connectivity index (χ3n) is 2.57. The summed E-state index contributed by atoms with van der Waals surface area (Å²) in [5.74, 6) is 0.284. The number of thiazole rings is 1. The number of amides is 1. The van der Waals surface area contributed by atoms with Gasteiger partial charge in [-0.25, -0.2) is 4.98 Å². The van der Waals surface area contributed by atoms with Gasteiger partial charge in [-0.3, -0.25) is 4.79 Å². The molecule has 1 N–H and O–H groups in total. The molecule has 0 aliphatic heterocycles. The molecule has 20 heavy (non-hydrogen) atoms. The largest absolute Gasteiger partial charge is 0.380 e. The van der Waals surface area contributed by atoms with E-state index >= 15 is 0 Å². The van der Waals surface area contributed by atoms with E-state index < -0.39 is 0 Å². The van der Waals surface area contributed by atoms with Gasteiger partial charge in [0, 0.05) is 18.2 Å². The molecule has 0 spiro atoms. The van der Waals surface area contributed by atoms with E-state index in [1.165, 1.54) is 11.3 Å². The third-order valence-corrected chi connectivity index (χ3v) is 3.74. The molecule has 1 heterocycles. The molecule has 106 valence electrons. The van der Waals surface area contributed by atoms with Gasteiger partial charge in [-0.15, -0.1) is 22.9 Å². The molecule has 0 bridgehead atoms. The number of nitrogens with one attached hydrogen (secondary N) is 1. The first-order valence-electron chi connectivity index (χ1n) is 6.08. The molecule has 1 aromatic carbocycles. The Morgan fingerprint density at radius 3 is 3.05 bits per heavy atom. The number of ether oxygens (including phenoxy) is 1. The normalized spacial score (nSPS) is 10.5. The Labute approximate surface area is 126 Å². The molecule has 0 radical (unpaired) electrons. The molecule has 0 aliphatic rings. The number of methoxy groups -OCH3 is 1. The van der Waals surface area contributed by atoms with E-state index in [4.69, 9.17) is 16.3 Å². The topological polar surface area (TPSA) is 51.2 Å². The molecule has 6 heteroatoms. The summed E-state index contributed by atoms with van der Waals surface area (Å²) in [7, 11) is 1.64. The van der Waals surface area contributed by atoms with Crippen LogP contribution in [0.3, 0.4) is 0 Å². The number of rotatable bonds is 6. The predicted octanol–water partition coefficient (Wildman–Crippen LogP) is 3.21. The number of carbonyl (C=O) groups is 1. The van der Waals surface area contributed by atoms with Gasteiger partial charge in [-0.05, 0) is 17.7 Å². The van der Waals surface area contributed by atoms with Crippen LogP contribution in [0.1, 0.15) is 16.3 Å². The van der Waals surface area contributed by atoms with Crippen molar-refractivity contribution in [2.24, 2.45) is 0 Å². The van der Waals surface area contributed by atoms with Crippen molar-refractivity contribution in [2.45, 2.75) is 18.9 Å². The predicted molar refractivity (Wildman–Crippen MR) is 81.2 cm³/mol. The van der Waals surface area contributed by atoms with Crippen LogP contribution in [0.4, 0.5) is 5.69 Å². The summed E-state index contributed by atoms with van der Waals surface area (Å²) in [6.07, 6.45) is 0.260. The minimum atomic E-state index is -0.0879. The Balaban J connectivity index is 1.95. The maximum absolute atomic E-state index is 11.9.